The van der Waals surface area contributed by atoms with Crippen LogP contribution in [0.3, 0.4) is 0 Å². The van der Waals surface area contributed by atoms with Gasteiger partial charge in [0, 0.05) is 29.0 Å². The standard InChI is InChI=1S/C12H12N2O3S/c1-8(15)11-7-18-12(6-13-11)9-2-4-10(5-3-9)14(16)17/h2-6,11,13H,7H2,1H3. The molecular formula is C12H12N2O3S. The van der Waals surface area contributed by atoms with Gasteiger partial charge in [0.05, 0.1) is 11.0 Å². The number of nitrogens with zero attached hydrogens (tertiary/aromatic N) is 1. The Morgan fingerprint density at radius 1 is 1.44 bits per heavy atom. The molecule has 1 aliphatic heterocycles. The number of nitro groups is 1. The van der Waals surface area contributed by atoms with Gasteiger partial charge in [0.25, 0.3) is 5.69 Å². The maximum absolute atomic E-state index is 11.2. The van der Waals surface area contributed by atoms with Crippen LogP contribution in [-0.4, -0.2) is 22.5 Å². The molecule has 18 heavy (non-hydrogen) atoms. The van der Waals surface area contributed by atoms with Crippen LogP contribution in [0, 0.1) is 10.1 Å². The number of thioether (sulfide) groups is 1. The zero-order chi connectivity index (χ0) is 13.1. The Morgan fingerprint density at radius 3 is 2.56 bits per heavy atom. The van der Waals surface area contributed by atoms with Gasteiger partial charge >= 0.3 is 0 Å². The maximum atomic E-state index is 11.2. The van der Waals surface area contributed by atoms with Crippen molar-refractivity contribution in [2.24, 2.45) is 0 Å². The van der Waals surface area contributed by atoms with Crippen LogP contribution in [0.2, 0.25) is 0 Å². The van der Waals surface area contributed by atoms with Crippen LogP contribution in [0.4, 0.5) is 5.69 Å². The Morgan fingerprint density at radius 2 is 2.11 bits per heavy atom. The third-order valence-electron chi connectivity index (χ3n) is 2.67. The molecule has 2 rings (SSSR count). The SMILES string of the molecule is CC(=O)C1CSC(c2ccc([N+](=O)[O-])cc2)=CN1. The molecule has 1 heterocycles. The highest BCUT2D eigenvalue weighted by molar-refractivity contribution is 8.08. The van der Waals surface area contributed by atoms with Crippen molar-refractivity contribution in [2.75, 3.05) is 5.75 Å². The molecule has 5 nitrogen and oxygen atoms in total. The molecular weight excluding hydrogens is 252 g/mol. The first-order valence-electron chi connectivity index (χ1n) is 5.42. The second-order valence-corrected chi connectivity index (χ2v) is 5.02. The minimum atomic E-state index is -0.420. The Kier molecular flexibility index (Phi) is 3.66. The van der Waals surface area contributed by atoms with E-state index in [2.05, 4.69) is 5.32 Å². The van der Waals surface area contributed by atoms with Crippen molar-refractivity contribution in [3.05, 3.63) is 46.1 Å². The van der Waals surface area contributed by atoms with Crippen LogP contribution in [0.1, 0.15) is 12.5 Å². The van der Waals surface area contributed by atoms with E-state index in [9.17, 15) is 14.9 Å². The molecule has 0 bridgehead atoms. The first-order valence-corrected chi connectivity index (χ1v) is 6.41. The summed E-state index contributed by atoms with van der Waals surface area (Å²) in [5.74, 6) is 0.791. The van der Waals surface area contributed by atoms with E-state index in [1.165, 1.54) is 12.1 Å². The zero-order valence-electron chi connectivity index (χ0n) is 9.75. The number of hydrogen-bond acceptors (Lipinski definition) is 5. The number of ketones is 1. The number of non-ortho nitro benzene ring substituents is 1. The first kappa shape index (κ1) is 12.6. The van der Waals surface area contributed by atoms with Gasteiger partial charge in [-0.1, -0.05) is 0 Å². The van der Waals surface area contributed by atoms with E-state index in [4.69, 9.17) is 0 Å². The Bertz CT molecular complexity index is 511. The van der Waals surface area contributed by atoms with Crippen molar-refractivity contribution in [3.8, 4) is 0 Å². The topological polar surface area (TPSA) is 72.2 Å². The summed E-state index contributed by atoms with van der Waals surface area (Å²) >= 11 is 1.57. The lowest BCUT2D eigenvalue weighted by atomic mass is 10.2. The van der Waals surface area contributed by atoms with Gasteiger partial charge in [-0.15, -0.1) is 11.8 Å². The van der Waals surface area contributed by atoms with Gasteiger partial charge in [0.1, 0.15) is 0 Å². The Hall–Kier alpha value is -1.82. The summed E-state index contributed by atoms with van der Waals surface area (Å²) in [5, 5.41) is 13.6. The van der Waals surface area contributed by atoms with Gasteiger partial charge in [-0.05, 0) is 24.6 Å². The van der Waals surface area contributed by atoms with E-state index in [1.807, 2.05) is 0 Å². The van der Waals surface area contributed by atoms with E-state index in [-0.39, 0.29) is 17.5 Å². The van der Waals surface area contributed by atoms with Gasteiger partial charge in [0.15, 0.2) is 5.78 Å². The van der Waals surface area contributed by atoms with Crippen molar-refractivity contribution in [1.82, 2.24) is 5.32 Å². The lowest BCUT2D eigenvalue weighted by molar-refractivity contribution is -0.384. The molecule has 94 valence electrons. The molecule has 1 aromatic carbocycles. The largest absolute Gasteiger partial charge is 0.380 e. The van der Waals surface area contributed by atoms with Gasteiger partial charge in [-0.2, -0.15) is 0 Å². The minimum absolute atomic E-state index is 0.0785. The van der Waals surface area contributed by atoms with Crippen molar-refractivity contribution in [3.63, 3.8) is 0 Å². The number of rotatable bonds is 3. The third kappa shape index (κ3) is 2.70. The number of nitrogens with one attached hydrogen (secondary N) is 1. The van der Waals surface area contributed by atoms with E-state index >= 15 is 0 Å². The van der Waals surface area contributed by atoms with Gasteiger partial charge in [0.2, 0.25) is 0 Å². The lowest BCUT2D eigenvalue weighted by Crippen LogP contribution is -2.36. The van der Waals surface area contributed by atoms with Crippen LogP contribution >= 0.6 is 11.8 Å². The summed E-state index contributed by atoms with van der Waals surface area (Å²) in [4.78, 5) is 22.3. The van der Waals surface area contributed by atoms with Gasteiger partial charge in [-0.3, -0.25) is 14.9 Å². The summed E-state index contributed by atoms with van der Waals surface area (Å²) in [7, 11) is 0. The quantitative estimate of drug-likeness (QED) is 0.669. The highest BCUT2D eigenvalue weighted by atomic mass is 32.2. The summed E-state index contributed by atoms with van der Waals surface area (Å²) in [6.07, 6.45) is 1.79. The van der Waals surface area contributed by atoms with Crippen LogP contribution in [0.5, 0.6) is 0 Å². The highest BCUT2D eigenvalue weighted by Crippen LogP contribution is 2.31. The fourth-order valence-corrected chi connectivity index (χ4v) is 2.72. The second-order valence-electron chi connectivity index (χ2n) is 3.95. The fourth-order valence-electron chi connectivity index (χ4n) is 1.59. The normalized spacial score (nSPS) is 18.7. The molecule has 1 aromatic rings. The summed E-state index contributed by atoms with van der Waals surface area (Å²) in [6, 6.07) is 6.25. The molecule has 0 saturated carbocycles. The number of Topliss-reactive ketones (excluding diaryl/α,β-unsaturated/α-hetero) is 1. The van der Waals surface area contributed by atoms with E-state index in [1.54, 1.807) is 37.0 Å². The van der Waals surface area contributed by atoms with E-state index < -0.39 is 4.92 Å². The predicted octanol–water partition coefficient (Wildman–Crippen LogP) is 2.19. The monoisotopic (exact) mass is 264 g/mol. The number of benzene rings is 1. The molecule has 1 unspecified atom stereocenters. The van der Waals surface area contributed by atoms with Crippen LogP contribution < -0.4 is 5.32 Å². The number of hydrogen-bond donors (Lipinski definition) is 1. The average Bonchev–Trinajstić information content (AvgIpc) is 2.39. The minimum Gasteiger partial charge on any atom is -0.380 e. The predicted molar refractivity (Wildman–Crippen MR) is 71.1 cm³/mol. The fraction of sp³-hybridized carbons (Fsp3) is 0.250. The van der Waals surface area contributed by atoms with Gasteiger partial charge in [-0.25, -0.2) is 0 Å². The van der Waals surface area contributed by atoms with Crippen molar-refractivity contribution in [1.29, 1.82) is 0 Å². The smallest absolute Gasteiger partial charge is 0.269 e. The first-order chi connectivity index (χ1) is 8.58. The maximum Gasteiger partial charge on any atom is 0.269 e. The molecule has 0 fully saturated rings. The van der Waals surface area contributed by atoms with Crippen molar-refractivity contribution < 1.29 is 9.72 Å². The molecule has 0 aliphatic carbocycles. The summed E-state index contributed by atoms with van der Waals surface area (Å²) in [5.41, 5.74) is 0.995. The molecule has 0 amide bonds. The number of carbonyl (C=O) groups is 1. The van der Waals surface area contributed by atoms with E-state index in [0.29, 0.717) is 5.75 Å². The van der Waals surface area contributed by atoms with Crippen LogP contribution in [0.25, 0.3) is 4.91 Å². The van der Waals surface area contributed by atoms with Crippen molar-refractivity contribution >= 4 is 28.1 Å². The lowest BCUT2D eigenvalue weighted by Gasteiger charge is -2.21. The second kappa shape index (κ2) is 5.22. The van der Waals surface area contributed by atoms with Crippen LogP contribution in [0.15, 0.2) is 30.5 Å². The van der Waals surface area contributed by atoms with E-state index in [0.717, 1.165) is 10.5 Å². The Balaban J connectivity index is 2.13. The molecule has 0 saturated heterocycles. The molecule has 0 aromatic heterocycles. The summed E-state index contributed by atoms with van der Waals surface area (Å²) in [6.45, 7) is 1.56. The molecule has 6 heteroatoms. The molecule has 0 radical (unpaired) electrons. The van der Waals surface area contributed by atoms with Crippen LogP contribution in [-0.2, 0) is 4.79 Å². The zero-order valence-corrected chi connectivity index (χ0v) is 10.6. The average molecular weight is 264 g/mol. The highest BCUT2D eigenvalue weighted by Gasteiger charge is 2.19. The summed E-state index contributed by atoms with van der Waals surface area (Å²) < 4.78 is 0. The molecule has 1 N–H and O–H groups in total. The number of carbonyl (C=O) groups excluding carboxylic acids is 1. The molecule has 1 atom stereocenters. The third-order valence-corrected chi connectivity index (χ3v) is 3.84. The molecule has 0 spiro atoms. The Labute approximate surface area is 108 Å². The number of nitro benzene ring substituents is 1. The molecule has 1 aliphatic rings. The van der Waals surface area contributed by atoms with Gasteiger partial charge < -0.3 is 5.32 Å². The van der Waals surface area contributed by atoms with Crippen molar-refractivity contribution in [2.45, 2.75) is 13.0 Å².